The van der Waals surface area contributed by atoms with Crippen LogP contribution in [-0.2, 0) is 14.6 Å². The van der Waals surface area contributed by atoms with E-state index >= 15 is 0 Å². The molecule has 2 rings (SSSR count). The van der Waals surface area contributed by atoms with Crippen molar-refractivity contribution in [3.8, 4) is 0 Å². The highest BCUT2D eigenvalue weighted by atomic mass is 32.2. The molecule has 0 spiro atoms. The van der Waals surface area contributed by atoms with Crippen LogP contribution in [0.5, 0.6) is 0 Å². The summed E-state index contributed by atoms with van der Waals surface area (Å²) >= 11 is 0. The molecule has 0 saturated heterocycles. The zero-order valence-electron chi connectivity index (χ0n) is 11.0. The third kappa shape index (κ3) is 3.54. The van der Waals surface area contributed by atoms with Crippen molar-refractivity contribution in [1.82, 2.24) is 0 Å². The Kier molecular flexibility index (Phi) is 4.11. The number of Topliss-reactive ketones (excluding diaryl/α,β-unsaturated/α-hetero) is 1. The van der Waals surface area contributed by atoms with Crippen LogP contribution in [0.1, 0.15) is 44.9 Å². The minimum absolute atomic E-state index is 0.00360. The van der Waals surface area contributed by atoms with Gasteiger partial charge in [-0.1, -0.05) is 6.42 Å². The van der Waals surface area contributed by atoms with Crippen molar-refractivity contribution >= 4 is 15.6 Å². The lowest BCUT2D eigenvalue weighted by Crippen LogP contribution is -2.34. The summed E-state index contributed by atoms with van der Waals surface area (Å²) in [6.07, 6.45) is 6.89. The molecule has 5 heteroatoms. The Hall–Kier alpha value is -0.420. The number of carbonyl (C=O) groups is 1. The van der Waals surface area contributed by atoms with Gasteiger partial charge in [0.15, 0.2) is 0 Å². The molecule has 104 valence electrons. The molecule has 0 aromatic heterocycles. The summed E-state index contributed by atoms with van der Waals surface area (Å²) in [6, 6.07) is -0.00360. The summed E-state index contributed by atoms with van der Waals surface area (Å²) in [7, 11) is -3.01. The highest BCUT2D eigenvalue weighted by Gasteiger charge is 2.35. The van der Waals surface area contributed by atoms with Gasteiger partial charge in [0.05, 0.1) is 5.25 Å². The molecule has 18 heavy (non-hydrogen) atoms. The first-order valence-corrected chi connectivity index (χ1v) is 8.80. The van der Waals surface area contributed by atoms with Crippen molar-refractivity contribution in [3.63, 3.8) is 0 Å². The van der Waals surface area contributed by atoms with Crippen LogP contribution in [0.25, 0.3) is 0 Å². The summed E-state index contributed by atoms with van der Waals surface area (Å²) in [6.45, 7) is 0. The van der Waals surface area contributed by atoms with Crippen LogP contribution in [0.3, 0.4) is 0 Å². The second-order valence-electron chi connectivity index (χ2n) is 5.99. The SMILES string of the molecule is CS(=O)(=O)C1CCCC(C(=O)CC(N)C2CC2)C1. The lowest BCUT2D eigenvalue weighted by atomic mass is 9.83. The molecule has 0 heterocycles. The van der Waals surface area contributed by atoms with E-state index in [0.29, 0.717) is 25.2 Å². The second-order valence-corrected chi connectivity index (χ2v) is 8.31. The molecular formula is C13H23NO3S. The molecule has 0 aliphatic heterocycles. The Balaban J connectivity index is 1.89. The number of nitrogens with two attached hydrogens (primary N) is 1. The normalized spacial score (nSPS) is 31.0. The van der Waals surface area contributed by atoms with E-state index in [1.807, 2.05) is 0 Å². The van der Waals surface area contributed by atoms with E-state index in [0.717, 1.165) is 25.7 Å². The van der Waals surface area contributed by atoms with Gasteiger partial charge in [0.1, 0.15) is 15.6 Å². The summed E-state index contributed by atoms with van der Waals surface area (Å²) in [5.41, 5.74) is 5.97. The first kappa shape index (κ1) is 14.0. The molecule has 0 amide bonds. The Morgan fingerprint density at radius 1 is 1.28 bits per heavy atom. The molecule has 0 bridgehead atoms. The molecule has 0 radical (unpaired) electrons. The minimum Gasteiger partial charge on any atom is -0.327 e. The van der Waals surface area contributed by atoms with Gasteiger partial charge in [-0.05, 0) is 38.0 Å². The van der Waals surface area contributed by atoms with Gasteiger partial charge in [-0.2, -0.15) is 0 Å². The van der Waals surface area contributed by atoms with Crippen LogP contribution >= 0.6 is 0 Å². The zero-order valence-corrected chi connectivity index (χ0v) is 11.8. The van der Waals surface area contributed by atoms with Crippen LogP contribution in [0, 0.1) is 11.8 Å². The van der Waals surface area contributed by atoms with Crippen LogP contribution in [0.15, 0.2) is 0 Å². The highest BCUT2D eigenvalue weighted by molar-refractivity contribution is 7.91. The number of hydrogen-bond acceptors (Lipinski definition) is 4. The average molecular weight is 273 g/mol. The van der Waals surface area contributed by atoms with Crippen LogP contribution < -0.4 is 5.73 Å². The highest BCUT2D eigenvalue weighted by Crippen LogP contribution is 2.35. The number of rotatable bonds is 5. The number of carbonyl (C=O) groups excluding carboxylic acids is 1. The topological polar surface area (TPSA) is 77.2 Å². The van der Waals surface area contributed by atoms with Crippen molar-refractivity contribution in [1.29, 1.82) is 0 Å². The van der Waals surface area contributed by atoms with Gasteiger partial charge in [0.25, 0.3) is 0 Å². The molecular weight excluding hydrogens is 250 g/mol. The van der Waals surface area contributed by atoms with Gasteiger partial charge >= 0.3 is 0 Å². The summed E-state index contributed by atoms with van der Waals surface area (Å²) < 4.78 is 23.1. The number of ketones is 1. The van der Waals surface area contributed by atoms with Crippen molar-refractivity contribution in [3.05, 3.63) is 0 Å². The first-order chi connectivity index (χ1) is 8.38. The molecule has 3 unspecified atom stereocenters. The maximum absolute atomic E-state index is 12.1. The molecule has 0 aromatic carbocycles. The van der Waals surface area contributed by atoms with E-state index in [4.69, 9.17) is 5.73 Å². The van der Waals surface area contributed by atoms with Crippen LogP contribution in [0.2, 0.25) is 0 Å². The van der Waals surface area contributed by atoms with Crippen molar-refractivity contribution in [2.45, 2.75) is 56.2 Å². The first-order valence-electron chi connectivity index (χ1n) is 6.85. The maximum Gasteiger partial charge on any atom is 0.150 e. The van der Waals surface area contributed by atoms with Crippen LogP contribution in [-0.4, -0.2) is 31.7 Å². The van der Waals surface area contributed by atoms with Crippen molar-refractivity contribution < 1.29 is 13.2 Å². The molecule has 2 saturated carbocycles. The third-order valence-corrected chi connectivity index (χ3v) is 5.99. The fourth-order valence-corrected chi connectivity index (χ4v) is 4.09. The Morgan fingerprint density at radius 3 is 2.50 bits per heavy atom. The lowest BCUT2D eigenvalue weighted by Gasteiger charge is -2.27. The largest absolute Gasteiger partial charge is 0.327 e. The van der Waals surface area contributed by atoms with Gasteiger partial charge in [-0.25, -0.2) is 8.42 Å². The molecule has 2 fully saturated rings. The predicted molar refractivity (Wildman–Crippen MR) is 70.9 cm³/mol. The zero-order chi connectivity index (χ0) is 13.3. The molecule has 2 N–H and O–H groups in total. The number of hydrogen-bond donors (Lipinski definition) is 1. The second kappa shape index (κ2) is 5.29. The fourth-order valence-electron chi connectivity index (χ4n) is 2.92. The van der Waals surface area contributed by atoms with Gasteiger partial charge in [-0.3, -0.25) is 4.79 Å². The van der Waals surface area contributed by atoms with E-state index < -0.39 is 9.84 Å². The van der Waals surface area contributed by atoms with E-state index in [9.17, 15) is 13.2 Å². The fraction of sp³-hybridized carbons (Fsp3) is 0.923. The molecule has 0 aromatic rings. The lowest BCUT2D eigenvalue weighted by molar-refractivity contribution is -0.124. The van der Waals surface area contributed by atoms with Gasteiger partial charge < -0.3 is 5.73 Å². The summed E-state index contributed by atoms with van der Waals surface area (Å²) in [4.78, 5) is 12.1. The molecule has 3 atom stereocenters. The Bertz CT molecular complexity index is 414. The van der Waals surface area contributed by atoms with Gasteiger partial charge in [0, 0.05) is 24.6 Å². The van der Waals surface area contributed by atoms with E-state index in [-0.39, 0.29) is 23.0 Å². The smallest absolute Gasteiger partial charge is 0.150 e. The van der Waals surface area contributed by atoms with E-state index in [1.165, 1.54) is 6.26 Å². The summed E-state index contributed by atoms with van der Waals surface area (Å²) in [5.74, 6) is 0.634. The minimum atomic E-state index is -3.01. The van der Waals surface area contributed by atoms with Gasteiger partial charge in [0.2, 0.25) is 0 Å². The van der Waals surface area contributed by atoms with Crippen molar-refractivity contribution in [2.75, 3.05) is 6.26 Å². The molecule has 2 aliphatic rings. The quantitative estimate of drug-likeness (QED) is 0.818. The monoisotopic (exact) mass is 273 g/mol. The average Bonchev–Trinajstić information content (AvgIpc) is 3.11. The van der Waals surface area contributed by atoms with Crippen LogP contribution in [0.4, 0.5) is 0 Å². The van der Waals surface area contributed by atoms with E-state index in [1.54, 1.807) is 0 Å². The maximum atomic E-state index is 12.1. The predicted octanol–water partition coefficient (Wildman–Crippen LogP) is 1.29. The summed E-state index contributed by atoms with van der Waals surface area (Å²) in [5, 5.41) is -0.322. The third-order valence-electron chi connectivity index (χ3n) is 4.35. The standard InChI is InChI=1S/C13H23NO3S/c1-18(16,17)11-4-2-3-10(7-11)13(15)8-12(14)9-5-6-9/h9-12H,2-8,14H2,1H3. The molecule has 4 nitrogen and oxygen atoms in total. The van der Waals surface area contributed by atoms with E-state index in [2.05, 4.69) is 0 Å². The van der Waals surface area contributed by atoms with Crippen molar-refractivity contribution in [2.24, 2.45) is 17.6 Å². The Morgan fingerprint density at radius 2 is 1.94 bits per heavy atom. The Labute approximate surface area is 109 Å². The number of sulfone groups is 1. The molecule has 2 aliphatic carbocycles. The van der Waals surface area contributed by atoms with Gasteiger partial charge in [-0.15, -0.1) is 0 Å².